The summed E-state index contributed by atoms with van der Waals surface area (Å²) in [6.07, 6.45) is 1.40. The van der Waals surface area contributed by atoms with E-state index in [1.54, 1.807) is 0 Å². The second kappa shape index (κ2) is 8.14. The molecule has 2 atom stereocenters. The Morgan fingerprint density at radius 3 is 2.16 bits per heavy atom. The molecule has 0 aromatic rings. The Hall–Kier alpha value is -1.67. The molecule has 1 saturated carbocycles. The van der Waals surface area contributed by atoms with Crippen molar-refractivity contribution in [3.05, 3.63) is 0 Å². The summed E-state index contributed by atoms with van der Waals surface area (Å²) < 4.78 is 10.7. The van der Waals surface area contributed by atoms with E-state index in [0.717, 1.165) is 12.8 Å². The number of amides is 1. The zero-order valence-corrected chi connectivity index (χ0v) is 15.6. The molecular weight excluding hydrogens is 328 g/mol. The van der Waals surface area contributed by atoms with Crippen LogP contribution in [0.2, 0.25) is 0 Å². The monoisotopic (exact) mass is 358 g/mol. The fraction of sp³-hybridized carbons (Fsp3) is 0.824. The van der Waals surface area contributed by atoms with Gasteiger partial charge >= 0.3 is 11.9 Å². The van der Waals surface area contributed by atoms with Crippen LogP contribution in [0.15, 0.2) is 0 Å². The molecular formula is C17H30N2O6. The number of esters is 1. The highest BCUT2D eigenvalue weighted by molar-refractivity contribution is 5.89. The van der Waals surface area contributed by atoms with Crippen molar-refractivity contribution in [3.63, 3.8) is 0 Å². The molecule has 0 unspecified atom stereocenters. The number of hydrogen-bond acceptors (Lipinski definition) is 6. The Balaban J connectivity index is 2.75. The summed E-state index contributed by atoms with van der Waals surface area (Å²) in [6.45, 7) is 8.39. The molecule has 0 aromatic heterocycles. The Morgan fingerprint density at radius 1 is 1.20 bits per heavy atom. The summed E-state index contributed by atoms with van der Waals surface area (Å²) in [6, 6.07) is -2.28. The highest BCUT2D eigenvalue weighted by Gasteiger charge is 2.48. The van der Waals surface area contributed by atoms with Gasteiger partial charge < -0.3 is 25.6 Å². The molecule has 0 aliphatic heterocycles. The molecule has 0 bridgehead atoms. The zero-order chi connectivity index (χ0) is 19.4. The van der Waals surface area contributed by atoms with Crippen molar-refractivity contribution in [2.75, 3.05) is 13.7 Å². The van der Waals surface area contributed by atoms with E-state index >= 15 is 0 Å². The van der Waals surface area contributed by atoms with Gasteiger partial charge in [-0.15, -0.1) is 0 Å². The molecule has 0 heterocycles. The van der Waals surface area contributed by atoms with Crippen LogP contribution in [0.1, 0.15) is 47.0 Å². The Kier molecular flexibility index (Phi) is 6.96. The van der Waals surface area contributed by atoms with Crippen molar-refractivity contribution in [1.82, 2.24) is 5.32 Å². The zero-order valence-electron chi connectivity index (χ0n) is 15.6. The van der Waals surface area contributed by atoms with Gasteiger partial charge in [0, 0.05) is 0 Å². The smallest absolute Gasteiger partial charge is 0.330 e. The fourth-order valence-corrected chi connectivity index (χ4v) is 3.48. The first-order valence-corrected chi connectivity index (χ1v) is 8.38. The van der Waals surface area contributed by atoms with Crippen molar-refractivity contribution in [2.45, 2.75) is 65.1 Å². The second-order valence-electron chi connectivity index (χ2n) is 7.98. The number of hydrogen-bond donors (Lipinski definition) is 3. The number of nitrogens with two attached hydrogens (primary N) is 1. The molecule has 1 fully saturated rings. The topological polar surface area (TPSA) is 128 Å². The van der Waals surface area contributed by atoms with Crippen LogP contribution in [0.25, 0.3) is 0 Å². The molecule has 1 aliphatic carbocycles. The molecule has 4 N–H and O–H groups in total. The predicted octanol–water partition coefficient (Wildman–Crippen LogP) is 0.678. The molecule has 144 valence electrons. The van der Waals surface area contributed by atoms with Crippen molar-refractivity contribution >= 4 is 17.8 Å². The number of carbonyl (C=O) groups is 3. The average molecular weight is 358 g/mol. The molecule has 0 aromatic carbocycles. The number of ether oxygens (including phenoxy) is 2. The largest absolute Gasteiger partial charge is 0.481 e. The summed E-state index contributed by atoms with van der Waals surface area (Å²) in [5, 5.41) is 11.1. The van der Waals surface area contributed by atoms with Gasteiger partial charge in [-0.05, 0) is 23.7 Å². The maximum atomic E-state index is 12.0. The molecule has 8 nitrogen and oxygen atoms in total. The molecule has 1 amide bonds. The molecule has 0 spiro atoms. The van der Waals surface area contributed by atoms with Gasteiger partial charge in [-0.1, -0.05) is 27.7 Å². The van der Waals surface area contributed by atoms with E-state index in [2.05, 4.69) is 33.0 Å². The first-order chi connectivity index (χ1) is 11.4. The van der Waals surface area contributed by atoms with Gasteiger partial charge in [0.25, 0.3) is 0 Å². The number of methoxy groups -OCH3 is 1. The van der Waals surface area contributed by atoms with E-state index in [9.17, 15) is 14.4 Å². The molecule has 0 radical (unpaired) electrons. The van der Waals surface area contributed by atoms with Crippen LogP contribution in [-0.4, -0.2) is 54.9 Å². The minimum absolute atomic E-state index is 0.0477. The second-order valence-corrected chi connectivity index (χ2v) is 7.98. The third-order valence-corrected chi connectivity index (χ3v) is 4.80. The Labute approximate surface area is 148 Å². The Morgan fingerprint density at radius 2 is 1.72 bits per heavy atom. The van der Waals surface area contributed by atoms with Crippen LogP contribution >= 0.6 is 0 Å². The van der Waals surface area contributed by atoms with Crippen LogP contribution in [-0.2, 0) is 23.9 Å². The average Bonchev–Trinajstić information content (AvgIpc) is 2.70. The van der Waals surface area contributed by atoms with E-state index < -0.39 is 36.4 Å². The maximum absolute atomic E-state index is 12.0. The van der Waals surface area contributed by atoms with Gasteiger partial charge in [-0.25, -0.2) is 4.79 Å². The van der Waals surface area contributed by atoms with E-state index in [4.69, 9.17) is 20.3 Å². The van der Waals surface area contributed by atoms with E-state index in [-0.39, 0.29) is 23.5 Å². The van der Waals surface area contributed by atoms with Gasteiger partial charge in [0.15, 0.2) is 6.04 Å². The van der Waals surface area contributed by atoms with E-state index in [1.165, 1.54) is 7.11 Å². The quantitative estimate of drug-likeness (QED) is 0.544. The third-order valence-electron chi connectivity index (χ3n) is 4.80. The first kappa shape index (κ1) is 21.4. The third kappa shape index (κ3) is 5.67. The van der Waals surface area contributed by atoms with Crippen molar-refractivity contribution in [3.8, 4) is 0 Å². The normalized spacial score (nSPS) is 21.4. The molecule has 8 heteroatoms. The van der Waals surface area contributed by atoms with E-state index in [0.29, 0.717) is 0 Å². The molecule has 0 saturated heterocycles. The lowest BCUT2D eigenvalue weighted by atomic mass is 9.81. The summed E-state index contributed by atoms with van der Waals surface area (Å²) >= 11 is 0. The lowest BCUT2D eigenvalue weighted by Crippen LogP contribution is -2.52. The SMILES string of the molecule is COC(=O)[C@H](COC1C(C)(C)CCC1(C)C)NC(=O)[C@@H](N)CC(=O)O. The van der Waals surface area contributed by atoms with Gasteiger partial charge in [0.1, 0.15) is 0 Å². The maximum Gasteiger partial charge on any atom is 0.330 e. The van der Waals surface area contributed by atoms with Crippen molar-refractivity contribution in [1.29, 1.82) is 0 Å². The summed E-state index contributed by atoms with van der Waals surface area (Å²) in [5.41, 5.74) is 5.43. The number of rotatable bonds is 8. The van der Waals surface area contributed by atoms with Crippen LogP contribution in [0.3, 0.4) is 0 Å². The lowest BCUT2D eigenvalue weighted by molar-refractivity contribution is -0.150. The number of carboxylic acids is 1. The van der Waals surface area contributed by atoms with Gasteiger partial charge in [0.05, 0.1) is 32.3 Å². The minimum Gasteiger partial charge on any atom is -0.481 e. The number of carbonyl (C=O) groups excluding carboxylic acids is 2. The Bertz CT molecular complexity index is 501. The van der Waals surface area contributed by atoms with Crippen LogP contribution in [0.4, 0.5) is 0 Å². The van der Waals surface area contributed by atoms with Gasteiger partial charge in [0.2, 0.25) is 5.91 Å². The molecule has 1 rings (SSSR count). The highest BCUT2D eigenvalue weighted by Crippen LogP contribution is 2.50. The summed E-state index contributed by atoms with van der Waals surface area (Å²) in [7, 11) is 1.21. The standard InChI is InChI=1S/C17H30N2O6/c1-16(2)6-7-17(3,4)15(16)25-9-11(14(23)24-5)19-13(22)10(18)8-12(20)21/h10-11,15H,6-9,18H2,1-5H3,(H,19,22)(H,20,21)/t10-,11-/m0/s1. The highest BCUT2D eigenvalue weighted by atomic mass is 16.5. The summed E-state index contributed by atoms with van der Waals surface area (Å²) in [5.74, 6) is -2.58. The lowest BCUT2D eigenvalue weighted by Gasteiger charge is -2.36. The van der Waals surface area contributed by atoms with Crippen LogP contribution in [0.5, 0.6) is 0 Å². The first-order valence-electron chi connectivity index (χ1n) is 8.38. The van der Waals surface area contributed by atoms with Crippen LogP contribution < -0.4 is 11.1 Å². The molecule has 1 aliphatic rings. The van der Waals surface area contributed by atoms with Crippen molar-refractivity contribution in [2.24, 2.45) is 16.6 Å². The van der Waals surface area contributed by atoms with E-state index in [1.807, 2.05) is 0 Å². The fourth-order valence-electron chi connectivity index (χ4n) is 3.48. The van der Waals surface area contributed by atoms with Gasteiger partial charge in [-0.3, -0.25) is 9.59 Å². The van der Waals surface area contributed by atoms with Gasteiger partial charge in [-0.2, -0.15) is 0 Å². The van der Waals surface area contributed by atoms with Crippen LogP contribution in [0, 0.1) is 10.8 Å². The number of aliphatic carboxylic acids is 1. The minimum atomic E-state index is -1.25. The molecule has 25 heavy (non-hydrogen) atoms. The summed E-state index contributed by atoms with van der Waals surface area (Å²) in [4.78, 5) is 34.6. The number of nitrogens with one attached hydrogen (secondary N) is 1. The predicted molar refractivity (Wildman–Crippen MR) is 90.7 cm³/mol. The van der Waals surface area contributed by atoms with Crippen molar-refractivity contribution < 1.29 is 29.0 Å². The number of carboxylic acid groups (broad SMARTS) is 1.